The Morgan fingerprint density at radius 2 is 1.65 bits per heavy atom. The highest BCUT2D eigenvalue weighted by atomic mass is 19.1. The third kappa shape index (κ3) is 7.63. The molecule has 164 valence electrons. The molecule has 0 aromatic heterocycles. The van der Waals surface area contributed by atoms with Crippen LogP contribution in [0.3, 0.4) is 0 Å². The summed E-state index contributed by atoms with van der Waals surface area (Å²) in [6, 6.07) is 12.8. The Kier molecular flexibility index (Phi) is 7.97. The van der Waals surface area contributed by atoms with Crippen LogP contribution in [-0.2, 0) is 4.79 Å². The molecule has 0 fully saturated rings. The maximum Gasteiger partial charge on any atom is 0.413 e. The van der Waals surface area contributed by atoms with Gasteiger partial charge in [-0.3, -0.25) is 4.79 Å². The van der Waals surface area contributed by atoms with E-state index in [2.05, 4.69) is 10.6 Å². The fourth-order valence-corrected chi connectivity index (χ4v) is 2.64. The van der Waals surface area contributed by atoms with Crippen molar-refractivity contribution in [2.75, 3.05) is 6.61 Å². The minimum Gasteiger partial charge on any atom is -0.491 e. The number of rotatable bonds is 8. The maximum atomic E-state index is 13.0. The Morgan fingerprint density at radius 1 is 1.06 bits per heavy atom. The molecule has 1 atom stereocenters. The van der Waals surface area contributed by atoms with Gasteiger partial charge in [-0.2, -0.15) is 5.26 Å². The average Bonchev–Trinajstić information content (AvgIpc) is 2.72. The fourth-order valence-electron chi connectivity index (χ4n) is 2.64. The van der Waals surface area contributed by atoms with Crippen molar-refractivity contribution in [1.82, 2.24) is 10.6 Å². The lowest BCUT2D eigenvalue weighted by molar-refractivity contribution is -0.126. The summed E-state index contributed by atoms with van der Waals surface area (Å²) in [6.45, 7) is 7.35. The van der Waals surface area contributed by atoms with E-state index in [-0.39, 0.29) is 24.2 Å². The van der Waals surface area contributed by atoms with Gasteiger partial charge in [0.05, 0.1) is 17.2 Å². The molecule has 0 aliphatic rings. The molecule has 0 saturated heterocycles. The number of nitriles is 1. The van der Waals surface area contributed by atoms with Crippen molar-refractivity contribution in [3.63, 3.8) is 0 Å². The van der Waals surface area contributed by atoms with Gasteiger partial charge < -0.3 is 20.1 Å². The highest BCUT2D eigenvalue weighted by Crippen LogP contribution is 2.15. The number of nitrogens with zero attached hydrogens (tertiary/aromatic N) is 1. The van der Waals surface area contributed by atoms with Crippen molar-refractivity contribution < 1.29 is 23.5 Å². The molecule has 0 bridgehead atoms. The van der Waals surface area contributed by atoms with Gasteiger partial charge in [-0.25, -0.2) is 9.18 Å². The van der Waals surface area contributed by atoms with E-state index in [0.717, 1.165) is 0 Å². The maximum absolute atomic E-state index is 13.0. The molecule has 0 aliphatic heterocycles. The molecule has 2 rings (SSSR count). The number of halogens is 1. The smallest absolute Gasteiger partial charge is 0.413 e. The highest BCUT2D eigenvalue weighted by molar-refractivity contribution is 5.86. The minimum absolute atomic E-state index is 0.165. The quantitative estimate of drug-likeness (QED) is 0.668. The first-order chi connectivity index (χ1) is 14.6. The third-order valence-corrected chi connectivity index (χ3v) is 4.29. The second kappa shape index (κ2) is 10.4. The summed E-state index contributed by atoms with van der Waals surface area (Å²) >= 11 is 0. The Bertz CT molecular complexity index is 935. The number of ether oxygens (including phenoxy) is 2. The molecule has 0 heterocycles. The molecule has 31 heavy (non-hydrogen) atoms. The molecule has 2 aromatic rings. The van der Waals surface area contributed by atoms with Crippen LogP contribution in [-0.4, -0.2) is 30.2 Å². The number of carbonyl (C=O) groups is 2. The zero-order chi connectivity index (χ0) is 23.0. The van der Waals surface area contributed by atoms with Gasteiger partial charge in [0.15, 0.2) is 0 Å². The summed E-state index contributed by atoms with van der Waals surface area (Å²) in [4.78, 5) is 25.0. The number of hydrogen-bond acceptors (Lipinski definition) is 5. The van der Waals surface area contributed by atoms with Gasteiger partial charge in [0, 0.05) is 0 Å². The SMILES string of the molecule is CC(C)[C@H](NC(=O)Oc1ccc(F)cc1)C(=O)NC(C)(C)COc1ccc(C#N)cc1. The van der Waals surface area contributed by atoms with E-state index in [0.29, 0.717) is 11.3 Å². The summed E-state index contributed by atoms with van der Waals surface area (Å²) in [5, 5.41) is 14.3. The van der Waals surface area contributed by atoms with Crippen LogP contribution in [0.4, 0.5) is 9.18 Å². The van der Waals surface area contributed by atoms with Crippen molar-refractivity contribution in [1.29, 1.82) is 5.26 Å². The second-order valence-corrected chi connectivity index (χ2v) is 8.01. The lowest BCUT2D eigenvalue weighted by atomic mass is 10.0. The molecule has 0 unspecified atom stereocenters. The molecular weight excluding hydrogens is 401 g/mol. The monoisotopic (exact) mass is 427 g/mol. The van der Waals surface area contributed by atoms with Crippen LogP contribution < -0.4 is 20.1 Å². The van der Waals surface area contributed by atoms with E-state index in [9.17, 15) is 14.0 Å². The van der Waals surface area contributed by atoms with E-state index in [1.165, 1.54) is 24.3 Å². The summed E-state index contributed by atoms with van der Waals surface area (Å²) in [7, 11) is 0. The van der Waals surface area contributed by atoms with Crippen molar-refractivity contribution in [3.05, 3.63) is 59.9 Å². The largest absolute Gasteiger partial charge is 0.491 e. The van der Waals surface area contributed by atoms with E-state index in [1.807, 2.05) is 6.07 Å². The molecule has 0 spiro atoms. The van der Waals surface area contributed by atoms with Crippen LogP contribution in [0, 0.1) is 23.1 Å². The van der Waals surface area contributed by atoms with Crippen LogP contribution in [0.2, 0.25) is 0 Å². The third-order valence-electron chi connectivity index (χ3n) is 4.29. The van der Waals surface area contributed by atoms with E-state index < -0.39 is 23.5 Å². The topological polar surface area (TPSA) is 100 Å². The van der Waals surface area contributed by atoms with Gasteiger partial charge >= 0.3 is 6.09 Å². The minimum atomic E-state index is -0.845. The van der Waals surface area contributed by atoms with Crippen LogP contribution in [0.1, 0.15) is 33.3 Å². The normalized spacial score (nSPS) is 11.9. The highest BCUT2D eigenvalue weighted by Gasteiger charge is 2.30. The Labute approximate surface area is 181 Å². The van der Waals surface area contributed by atoms with Crippen LogP contribution in [0.15, 0.2) is 48.5 Å². The van der Waals surface area contributed by atoms with Gasteiger partial charge in [-0.1, -0.05) is 13.8 Å². The predicted octanol–water partition coefficient (Wildman–Crippen LogP) is 3.78. The number of carbonyl (C=O) groups excluding carboxylic acids is 2. The van der Waals surface area contributed by atoms with Gasteiger partial charge in [-0.05, 0) is 68.3 Å². The van der Waals surface area contributed by atoms with Gasteiger partial charge in [0.25, 0.3) is 0 Å². The molecule has 8 heteroatoms. The van der Waals surface area contributed by atoms with Crippen molar-refractivity contribution >= 4 is 12.0 Å². The Balaban J connectivity index is 1.93. The lowest BCUT2D eigenvalue weighted by Gasteiger charge is -2.30. The average molecular weight is 427 g/mol. The van der Waals surface area contributed by atoms with Gasteiger partial charge in [0.1, 0.15) is 30.0 Å². The first kappa shape index (κ1) is 23.7. The summed E-state index contributed by atoms with van der Waals surface area (Å²) in [6.07, 6.45) is -0.813. The van der Waals surface area contributed by atoms with Crippen LogP contribution in [0.25, 0.3) is 0 Å². The number of nitrogens with one attached hydrogen (secondary N) is 2. The molecule has 2 N–H and O–H groups in total. The molecule has 0 saturated carbocycles. The van der Waals surface area contributed by atoms with Crippen molar-refractivity contribution in [2.45, 2.75) is 39.3 Å². The molecule has 0 aliphatic carbocycles. The standard InChI is InChI=1S/C23H26FN3O4/c1-15(2)20(26-22(29)31-19-11-7-17(24)8-12-19)21(28)27-23(3,4)14-30-18-9-5-16(13-25)6-10-18/h5-12,15,20H,14H2,1-4H3,(H,26,29)(H,27,28)/t20-/m0/s1. The lowest BCUT2D eigenvalue weighted by Crippen LogP contribution is -2.57. The van der Waals surface area contributed by atoms with E-state index in [1.54, 1.807) is 52.0 Å². The van der Waals surface area contributed by atoms with E-state index in [4.69, 9.17) is 14.7 Å². The molecule has 2 amide bonds. The molecule has 7 nitrogen and oxygen atoms in total. The molecular formula is C23H26FN3O4. The predicted molar refractivity (Wildman–Crippen MR) is 113 cm³/mol. The summed E-state index contributed by atoms with van der Waals surface area (Å²) in [5.41, 5.74) is -0.209. The summed E-state index contributed by atoms with van der Waals surface area (Å²) < 4.78 is 23.8. The van der Waals surface area contributed by atoms with Crippen molar-refractivity contribution in [3.8, 4) is 17.6 Å². The zero-order valence-electron chi connectivity index (χ0n) is 17.9. The number of amides is 2. The Morgan fingerprint density at radius 3 is 2.19 bits per heavy atom. The first-order valence-corrected chi connectivity index (χ1v) is 9.78. The zero-order valence-corrected chi connectivity index (χ0v) is 17.9. The molecule has 0 radical (unpaired) electrons. The number of hydrogen-bond donors (Lipinski definition) is 2. The molecule has 2 aromatic carbocycles. The van der Waals surface area contributed by atoms with Crippen molar-refractivity contribution in [2.24, 2.45) is 5.92 Å². The fraction of sp³-hybridized carbons (Fsp3) is 0.348. The van der Waals surface area contributed by atoms with Gasteiger partial charge in [-0.15, -0.1) is 0 Å². The van der Waals surface area contributed by atoms with Crippen LogP contribution in [0.5, 0.6) is 11.5 Å². The van der Waals surface area contributed by atoms with Gasteiger partial charge in [0.2, 0.25) is 5.91 Å². The second-order valence-electron chi connectivity index (χ2n) is 8.01. The van der Waals surface area contributed by atoms with Crippen LogP contribution >= 0.6 is 0 Å². The summed E-state index contributed by atoms with van der Waals surface area (Å²) in [5.74, 6) is -0.311. The first-order valence-electron chi connectivity index (χ1n) is 9.78. The Hall–Kier alpha value is -3.60. The number of benzene rings is 2. The van der Waals surface area contributed by atoms with E-state index >= 15 is 0 Å².